The molecule has 162 valence electrons. The minimum absolute atomic E-state index is 0.617. The summed E-state index contributed by atoms with van der Waals surface area (Å²) in [7, 11) is 0. The van der Waals surface area contributed by atoms with Gasteiger partial charge in [-0.2, -0.15) is 0 Å². The first-order valence-corrected chi connectivity index (χ1v) is 11.3. The van der Waals surface area contributed by atoms with E-state index in [-0.39, 0.29) is 0 Å². The second kappa shape index (κ2) is 7.52. The average molecular weight is 441 g/mol. The number of ether oxygens (including phenoxy) is 1. The molecule has 0 amide bonds. The molecule has 6 aromatic rings. The molecule has 0 unspecified atom stereocenters. The third kappa shape index (κ3) is 3.21. The Morgan fingerprint density at radius 3 is 2.56 bits per heavy atom. The second-order valence-electron chi connectivity index (χ2n) is 8.54. The highest BCUT2D eigenvalue weighted by Crippen LogP contribution is 2.37. The van der Waals surface area contributed by atoms with E-state index in [1.165, 1.54) is 5.56 Å². The van der Waals surface area contributed by atoms with Crippen LogP contribution in [0, 0.1) is 0 Å². The van der Waals surface area contributed by atoms with Crippen molar-refractivity contribution in [3.8, 4) is 22.9 Å². The van der Waals surface area contributed by atoms with E-state index in [1.807, 2.05) is 54.6 Å². The largest absolute Gasteiger partial charge is 0.457 e. The van der Waals surface area contributed by atoms with Crippen LogP contribution in [0.1, 0.15) is 22.5 Å². The Hall–Kier alpha value is -4.51. The number of nitrogens with zero attached hydrogens (tertiary/aromatic N) is 3. The number of para-hydroxylation sites is 2. The Kier molecular flexibility index (Phi) is 4.21. The van der Waals surface area contributed by atoms with Crippen molar-refractivity contribution in [2.45, 2.75) is 12.8 Å². The van der Waals surface area contributed by atoms with E-state index in [2.05, 4.69) is 40.3 Å². The predicted octanol–water partition coefficient (Wildman–Crippen LogP) is 6.73. The zero-order valence-corrected chi connectivity index (χ0v) is 18.2. The molecule has 1 aliphatic rings. The molecule has 3 heterocycles. The lowest BCUT2D eigenvalue weighted by molar-refractivity contribution is 0.460. The van der Waals surface area contributed by atoms with Crippen LogP contribution in [-0.4, -0.2) is 15.0 Å². The molecule has 5 nitrogen and oxygen atoms in total. The number of aromatic nitrogens is 3. The normalized spacial score (nSPS) is 12.4. The van der Waals surface area contributed by atoms with Crippen molar-refractivity contribution in [2.75, 3.05) is 0 Å². The van der Waals surface area contributed by atoms with Crippen LogP contribution in [0.15, 0.2) is 95.7 Å². The summed E-state index contributed by atoms with van der Waals surface area (Å²) in [5.74, 6) is 3.21. The molecule has 0 spiro atoms. The summed E-state index contributed by atoms with van der Waals surface area (Å²) < 4.78 is 12.0. The number of rotatable bonds is 3. The summed E-state index contributed by atoms with van der Waals surface area (Å²) in [5.41, 5.74) is 6.20. The quantitative estimate of drug-likeness (QED) is 0.304. The van der Waals surface area contributed by atoms with Gasteiger partial charge in [0.1, 0.15) is 34.8 Å². The summed E-state index contributed by atoms with van der Waals surface area (Å²) in [6.07, 6.45) is 3.04. The molecular formula is C29H19N3O2. The second-order valence-corrected chi connectivity index (χ2v) is 8.54. The van der Waals surface area contributed by atoms with Gasteiger partial charge in [-0.3, -0.25) is 0 Å². The minimum atomic E-state index is 0.617. The number of fused-ring (bicyclic) bond motifs is 5. The summed E-state index contributed by atoms with van der Waals surface area (Å²) in [6, 6.07) is 28.6. The van der Waals surface area contributed by atoms with Gasteiger partial charge in [-0.1, -0.05) is 42.5 Å². The minimum Gasteiger partial charge on any atom is -0.457 e. The lowest BCUT2D eigenvalue weighted by Crippen LogP contribution is -2.04. The average Bonchev–Trinajstić information content (AvgIpc) is 3.25. The van der Waals surface area contributed by atoms with Gasteiger partial charge in [-0.15, -0.1) is 0 Å². The van der Waals surface area contributed by atoms with E-state index in [1.54, 1.807) is 6.33 Å². The Bertz CT molecular complexity index is 1700. The van der Waals surface area contributed by atoms with Crippen LogP contribution in [-0.2, 0) is 12.8 Å². The van der Waals surface area contributed by atoms with Crippen molar-refractivity contribution in [1.82, 2.24) is 15.0 Å². The summed E-state index contributed by atoms with van der Waals surface area (Å²) in [5, 5.41) is 2.23. The smallest absolute Gasteiger partial charge is 0.163 e. The fourth-order valence-corrected chi connectivity index (χ4v) is 4.65. The summed E-state index contributed by atoms with van der Waals surface area (Å²) in [4.78, 5) is 13.7. The molecule has 34 heavy (non-hydrogen) atoms. The molecule has 0 fully saturated rings. The van der Waals surface area contributed by atoms with Gasteiger partial charge in [-0.25, -0.2) is 15.0 Å². The van der Waals surface area contributed by atoms with Gasteiger partial charge in [-0.05, 0) is 53.6 Å². The molecule has 0 aliphatic carbocycles. The summed E-state index contributed by atoms with van der Waals surface area (Å²) in [6.45, 7) is 0. The van der Waals surface area contributed by atoms with Gasteiger partial charge >= 0.3 is 0 Å². The maximum atomic E-state index is 6.07. The highest BCUT2D eigenvalue weighted by atomic mass is 16.5. The van der Waals surface area contributed by atoms with Gasteiger partial charge in [0.2, 0.25) is 0 Å². The predicted molar refractivity (Wildman–Crippen MR) is 131 cm³/mol. The summed E-state index contributed by atoms with van der Waals surface area (Å²) >= 11 is 0. The lowest BCUT2D eigenvalue weighted by atomic mass is 9.98. The number of hydrogen-bond donors (Lipinski definition) is 0. The van der Waals surface area contributed by atoms with E-state index in [4.69, 9.17) is 14.1 Å². The van der Waals surface area contributed by atoms with Crippen molar-refractivity contribution in [3.05, 3.63) is 114 Å². The fraction of sp³-hybridized carbons (Fsp3) is 0.0690. The van der Waals surface area contributed by atoms with E-state index in [0.29, 0.717) is 12.2 Å². The lowest BCUT2D eigenvalue weighted by Gasteiger charge is -2.20. The SMILES string of the molecule is c1ccc2c(c1)Cc1cc(-c3ncnc(Cc4ccc5oc6ccccc6c5c4)n3)ccc1O2. The maximum absolute atomic E-state index is 6.07. The molecule has 4 aromatic carbocycles. The molecule has 0 bridgehead atoms. The van der Waals surface area contributed by atoms with Crippen LogP contribution in [0.3, 0.4) is 0 Å². The number of furan rings is 1. The van der Waals surface area contributed by atoms with Crippen molar-refractivity contribution in [1.29, 1.82) is 0 Å². The third-order valence-electron chi connectivity index (χ3n) is 6.32. The van der Waals surface area contributed by atoms with Gasteiger partial charge in [0.15, 0.2) is 5.82 Å². The van der Waals surface area contributed by atoms with Crippen LogP contribution in [0.5, 0.6) is 11.5 Å². The number of benzene rings is 4. The van der Waals surface area contributed by atoms with E-state index < -0.39 is 0 Å². The van der Waals surface area contributed by atoms with Crippen LogP contribution < -0.4 is 4.74 Å². The van der Waals surface area contributed by atoms with Crippen LogP contribution >= 0.6 is 0 Å². The first-order chi connectivity index (χ1) is 16.8. The molecule has 7 rings (SSSR count). The van der Waals surface area contributed by atoms with Gasteiger partial charge in [0, 0.05) is 34.7 Å². The third-order valence-corrected chi connectivity index (χ3v) is 6.32. The first-order valence-electron chi connectivity index (χ1n) is 11.3. The topological polar surface area (TPSA) is 61.0 Å². The zero-order chi connectivity index (χ0) is 22.5. The van der Waals surface area contributed by atoms with E-state index in [9.17, 15) is 0 Å². The van der Waals surface area contributed by atoms with Crippen LogP contribution in [0.25, 0.3) is 33.3 Å². The molecule has 0 saturated carbocycles. The molecule has 5 heteroatoms. The molecule has 0 N–H and O–H groups in total. The van der Waals surface area contributed by atoms with Crippen molar-refractivity contribution in [3.63, 3.8) is 0 Å². The molecule has 2 aromatic heterocycles. The highest BCUT2D eigenvalue weighted by Gasteiger charge is 2.18. The van der Waals surface area contributed by atoms with E-state index >= 15 is 0 Å². The van der Waals surface area contributed by atoms with Gasteiger partial charge in [0.25, 0.3) is 0 Å². The van der Waals surface area contributed by atoms with Crippen LogP contribution in [0.4, 0.5) is 0 Å². The standard InChI is InChI=1S/C29H19N3O2/c1-3-7-24-19(5-1)15-21-16-20(10-12-25(21)33-24)29-31-17-30-28(32-29)14-18-9-11-27-23(13-18)22-6-2-4-8-26(22)34-27/h1-13,16-17H,14-15H2. The van der Waals surface area contributed by atoms with Gasteiger partial charge in [0.05, 0.1) is 0 Å². The van der Waals surface area contributed by atoms with Crippen molar-refractivity contribution < 1.29 is 9.15 Å². The monoisotopic (exact) mass is 441 g/mol. The molecular weight excluding hydrogens is 422 g/mol. The van der Waals surface area contributed by atoms with E-state index in [0.717, 1.165) is 62.4 Å². The molecule has 0 radical (unpaired) electrons. The Morgan fingerprint density at radius 1 is 0.706 bits per heavy atom. The Balaban J connectivity index is 1.20. The van der Waals surface area contributed by atoms with Gasteiger partial charge < -0.3 is 9.15 Å². The highest BCUT2D eigenvalue weighted by molar-refractivity contribution is 6.05. The molecule has 1 aliphatic heterocycles. The van der Waals surface area contributed by atoms with Crippen molar-refractivity contribution in [2.24, 2.45) is 0 Å². The first kappa shape index (κ1) is 19.0. The maximum Gasteiger partial charge on any atom is 0.163 e. The molecule has 0 atom stereocenters. The Morgan fingerprint density at radius 2 is 1.56 bits per heavy atom. The van der Waals surface area contributed by atoms with Crippen molar-refractivity contribution >= 4 is 21.9 Å². The molecule has 0 saturated heterocycles. The number of hydrogen-bond acceptors (Lipinski definition) is 5. The van der Waals surface area contributed by atoms with Crippen LogP contribution in [0.2, 0.25) is 0 Å². The fourth-order valence-electron chi connectivity index (χ4n) is 4.65. The zero-order valence-electron chi connectivity index (χ0n) is 18.2. The Labute approximate surface area is 195 Å².